The summed E-state index contributed by atoms with van der Waals surface area (Å²) in [5.41, 5.74) is 0.363. The van der Waals surface area contributed by atoms with Crippen molar-refractivity contribution in [3.63, 3.8) is 0 Å². The molecule has 6 nitrogen and oxygen atoms in total. The predicted octanol–water partition coefficient (Wildman–Crippen LogP) is 3.47. The van der Waals surface area contributed by atoms with Gasteiger partial charge in [-0.05, 0) is 32.0 Å². The van der Waals surface area contributed by atoms with Crippen LogP contribution in [-0.2, 0) is 4.79 Å². The summed E-state index contributed by atoms with van der Waals surface area (Å²) in [7, 11) is 0. The van der Waals surface area contributed by atoms with E-state index in [0.29, 0.717) is 16.4 Å². The number of rotatable bonds is 5. The van der Waals surface area contributed by atoms with Crippen molar-refractivity contribution in [2.24, 2.45) is 0 Å². The number of nitrogens with one attached hydrogen (secondary N) is 1. The maximum Gasteiger partial charge on any atom is 0.254 e. The highest BCUT2D eigenvalue weighted by Crippen LogP contribution is 2.23. The van der Waals surface area contributed by atoms with E-state index in [1.54, 1.807) is 12.1 Å². The van der Waals surface area contributed by atoms with Crippen molar-refractivity contribution in [1.82, 2.24) is 10.1 Å². The first-order valence-electron chi connectivity index (χ1n) is 6.84. The molecule has 0 bridgehead atoms. The Morgan fingerprint density at radius 3 is 2.57 bits per heavy atom. The molecule has 0 fully saturated rings. The zero-order valence-corrected chi connectivity index (χ0v) is 14.1. The number of carbonyl (C=O) groups is 2. The van der Waals surface area contributed by atoms with Crippen molar-refractivity contribution < 1.29 is 14.1 Å². The minimum Gasteiger partial charge on any atom is -0.363 e. The fourth-order valence-electron chi connectivity index (χ4n) is 1.90. The van der Waals surface area contributed by atoms with Crippen LogP contribution in [0.1, 0.15) is 24.2 Å². The van der Waals surface area contributed by atoms with Crippen LogP contribution in [0.4, 0.5) is 5.82 Å². The van der Waals surface area contributed by atoms with Crippen LogP contribution in [0, 0.1) is 0 Å². The molecule has 0 aliphatic rings. The molecule has 0 radical (unpaired) electrons. The first-order valence-corrected chi connectivity index (χ1v) is 7.60. The molecule has 1 aromatic carbocycles. The van der Waals surface area contributed by atoms with E-state index in [1.807, 2.05) is 13.8 Å². The van der Waals surface area contributed by atoms with Gasteiger partial charge in [0.25, 0.3) is 5.91 Å². The van der Waals surface area contributed by atoms with Gasteiger partial charge in [0.2, 0.25) is 5.91 Å². The van der Waals surface area contributed by atoms with Gasteiger partial charge in [-0.1, -0.05) is 28.4 Å². The third-order valence-electron chi connectivity index (χ3n) is 3.07. The molecule has 23 heavy (non-hydrogen) atoms. The van der Waals surface area contributed by atoms with Gasteiger partial charge in [-0.25, -0.2) is 0 Å². The van der Waals surface area contributed by atoms with Crippen LogP contribution in [0.5, 0.6) is 0 Å². The van der Waals surface area contributed by atoms with E-state index in [9.17, 15) is 9.59 Å². The molecule has 1 aromatic heterocycles. The van der Waals surface area contributed by atoms with Gasteiger partial charge in [-0.3, -0.25) is 9.59 Å². The molecular weight excluding hydrogens is 341 g/mol. The lowest BCUT2D eigenvalue weighted by Crippen LogP contribution is -2.42. The molecular formula is C15H15Cl2N3O3. The third kappa shape index (κ3) is 4.46. The second-order valence-corrected chi connectivity index (χ2v) is 5.90. The molecule has 0 unspecified atom stereocenters. The molecule has 2 rings (SSSR count). The molecule has 0 saturated carbocycles. The van der Waals surface area contributed by atoms with Crippen LogP contribution < -0.4 is 5.32 Å². The molecule has 1 heterocycles. The van der Waals surface area contributed by atoms with Crippen LogP contribution in [0.15, 0.2) is 35.1 Å². The first-order chi connectivity index (χ1) is 10.9. The van der Waals surface area contributed by atoms with E-state index >= 15 is 0 Å². The second kappa shape index (κ2) is 7.48. The average molecular weight is 356 g/mol. The Kier molecular flexibility index (Phi) is 5.63. The predicted molar refractivity (Wildman–Crippen MR) is 87.8 cm³/mol. The van der Waals surface area contributed by atoms with Gasteiger partial charge in [-0.2, -0.15) is 0 Å². The molecule has 0 aliphatic heterocycles. The summed E-state index contributed by atoms with van der Waals surface area (Å²) in [4.78, 5) is 26.1. The standard InChI is InChI=1S/C15H15Cl2N3O3/c1-9(2)20(8-14(21)18-13-5-6-23-19-13)15(22)10-3-4-11(16)12(17)7-10/h3-7,9H,8H2,1-2H3,(H,18,19,21). The molecule has 0 spiro atoms. The maximum atomic E-state index is 12.6. The number of anilines is 1. The van der Waals surface area contributed by atoms with Crippen molar-refractivity contribution in [2.45, 2.75) is 19.9 Å². The Morgan fingerprint density at radius 2 is 2.00 bits per heavy atom. The summed E-state index contributed by atoms with van der Waals surface area (Å²) in [6.07, 6.45) is 1.34. The highest BCUT2D eigenvalue weighted by molar-refractivity contribution is 6.42. The van der Waals surface area contributed by atoms with Gasteiger partial charge in [0.1, 0.15) is 12.8 Å². The smallest absolute Gasteiger partial charge is 0.254 e. The van der Waals surface area contributed by atoms with E-state index in [4.69, 9.17) is 23.2 Å². The van der Waals surface area contributed by atoms with E-state index in [0.717, 1.165) is 0 Å². The molecule has 2 aromatic rings. The van der Waals surface area contributed by atoms with Gasteiger partial charge in [-0.15, -0.1) is 0 Å². The van der Waals surface area contributed by atoms with Gasteiger partial charge in [0.05, 0.1) is 10.0 Å². The zero-order chi connectivity index (χ0) is 17.0. The Labute approximate surface area is 143 Å². The monoisotopic (exact) mass is 355 g/mol. The van der Waals surface area contributed by atoms with E-state index in [-0.39, 0.29) is 29.4 Å². The zero-order valence-electron chi connectivity index (χ0n) is 12.5. The summed E-state index contributed by atoms with van der Waals surface area (Å²) < 4.78 is 4.64. The van der Waals surface area contributed by atoms with E-state index < -0.39 is 0 Å². The first kappa shape index (κ1) is 17.3. The van der Waals surface area contributed by atoms with Gasteiger partial charge in [0.15, 0.2) is 5.82 Å². The summed E-state index contributed by atoms with van der Waals surface area (Å²) >= 11 is 11.8. The number of hydrogen-bond donors (Lipinski definition) is 1. The lowest BCUT2D eigenvalue weighted by molar-refractivity contribution is -0.117. The number of benzene rings is 1. The molecule has 122 valence electrons. The SMILES string of the molecule is CC(C)N(CC(=O)Nc1ccon1)C(=O)c1ccc(Cl)c(Cl)c1. The van der Waals surface area contributed by atoms with Crippen LogP contribution >= 0.6 is 23.2 Å². The highest BCUT2D eigenvalue weighted by atomic mass is 35.5. The molecule has 0 aliphatic carbocycles. The third-order valence-corrected chi connectivity index (χ3v) is 3.81. The van der Waals surface area contributed by atoms with E-state index in [2.05, 4.69) is 15.0 Å². The lowest BCUT2D eigenvalue weighted by Gasteiger charge is -2.26. The summed E-state index contributed by atoms with van der Waals surface area (Å²) in [6, 6.07) is 5.93. The fraction of sp³-hybridized carbons (Fsp3) is 0.267. The van der Waals surface area contributed by atoms with Crippen molar-refractivity contribution in [3.05, 3.63) is 46.1 Å². The van der Waals surface area contributed by atoms with Crippen LogP contribution in [0.3, 0.4) is 0 Å². The number of halogens is 2. The minimum atomic E-state index is -0.374. The van der Waals surface area contributed by atoms with Crippen molar-refractivity contribution in [2.75, 3.05) is 11.9 Å². The largest absolute Gasteiger partial charge is 0.363 e. The molecule has 8 heteroatoms. The summed E-state index contributed by atoms with van der Waals surface area (Å²) in [6.45, 7) is 3.52. The van der Waals surface area contributed by atoms with Gasteiger partial charge >= 0.3 is 0 Å². The minimum absolute atomic E-state index is 0.121. The maximum absolute atomic E-state index is 12.6. The normalized spacial score (nSPS) is 10.7. The van der Waals surface area contributed by atoms with Crippen LogP contribution in [-0.4, -0.2) is 34.5 Å². The summed E-state index contributed by atoms with van der Waals surface area (Å²) in [5.74, 6) is -0.393. The number of hydrogen-bond acceptors (Lipinski definition) is 4. The summed E-state index contributed by atoms with van der Waals surface area (Å²) in [5, 5.41) is 6.79. The fourth-order valence-corrected chi connectivity index (χ4v) is 2.20. The number of nitrogens with zero attached hydrogens (tertiary/aromatic N) is 2. The van der Waals surface area contributed by atoms with Gasteiger partial charge < -0.3 is 14.7 Å². The Bertz CT molecular complexity index is 702. The number of aromatic nitrogens is 1. The molecule has 0 atom stereocenters. The van der Waals surface area contributed by atoms with Gasteiger partial charge in [0, 0.05) is 17.7 Å². The Balaban J connectivity index is 2.12. The molecule has 0 saturated heterocycles. The quantitative estimate of drug-likeness (QED) is 0.890. The van der Waals surface area contributed by atoms with Crippen molar-refractivity contribution in [3.8, 4) is 0 Å². The average Bonchev–Trinajstić information content (AvgIpc) is 2.99. The van der Waals surface area contributed by atoms with Crippen molar-refractivity contribution >= 4 is 40.8 Å². The van der Waals surface area contributed by atoms with E-state index in [1.165, 1.54) is 23.3 Å². The van der Waals surface area contributed by atoms with Crippen LogP contribution in [0.25, 0.3) is 0 Å². The number of amides is 2. The highest BCUT2D eigenvalue weighted by Gasteiger charge is 2.22. The van der Waals surface area contributed by atoms with Crippen molar-refractivity contribution in [1.29, 1.82) is 0 Å². The number of carbonyl (C=O) groups excluding carboxylic acids is 2. The van der Waals surface area contributed by atoms with Crippen LogP contribution in [0.2, 0.25) is 10.0 Å². The Hall–Kier alpha value is -2.05. The molecule has 1 N–H and O–H groups in total. The lowest BCUT2D eigenvalue weighted by atomic mass is 10.1. The second-order valence-electron chi connectivity index (χ2n) is 5.09. The topological polar surface area (TPSA) is 75.4 Å². The Morgan fingerprint density at radius 1 is 1.26 bits per heavy atom. The molecule has 2 amide bonds.